The zero-order valence-corrected chi connectivity index (χ0v) is 54.5. The van der Waals surface area contributed by atoms with Crippen LogP contribution in [0.5, 0.6) is 11.5 Å². The molecule has 0 fully saturated rings. The van der Waals surface area contributed by atoms with Crippen molar-refractivity contribution in [2.24, 2.45) is 0 Å². The molecule has 0 unspecified atom stereocenters. The molecule has 0 aliphatic rings. The number of nitrogens with two attached hydrogens (primary N) is 1. The summed E-state index contributed by atoms with van der Waals surface area (Å²) in [6.45, 7) is 1.14. The van der Waals surface area contributed by atoms with E-state index in [1.807, 2.05) is 97.1 Å². The molecule has 0 spiro atoms. The van der Waals surface area contributed by atoms with Gasteiger partial charge < -0.3 is 35.8 Å². The molecule has 12 rings (SSSR count). The van der Waals surface area contributed by atoms with Crippen LogP contribution in [0, 0.1) is 30.3 Å². The molecule has 0 saturated carbocycles. The molecule has 88 heavy (non-hydrogen) atoms. The van der Waals surface area contributed by atoms with Gasteiger partial charge in [-0.05, 0) is 126 Å². The minimum Gasteiger partial charge on any atom is -0.497 e. The van der Waals surface area contributed by atoms with Gasteiger partial charge in [0.05, 0.1) is 85.7 Å². The van der Waals surface area contributed by atoms with E-state index in [0.717, 1.165) is 84.9 Å². The Hall–Kier alpha value is -8.92. The lowest BCUT2D eigenvalue weighted by atomic mass is 10.1. The fourth-order valence-electron chi connectivity index (χ4n) is 8.44. The molecule has 0 saturated heterocycles. The van der Waals surface area contributed by atoms with Crippen molar-refractivity contribution in [2.75, 3.05) is 30.6 Å². The number of nitrogen functional groups attached to an aromatic ring is 1. The fourth-order valence-corrected chi connectivity index (χ4v) is 10.5. The summed E-state index contributed by atoms with van der Waals surface area (Å²) in [5, 5.41) is 42.5. The Morgan fingerprint density at radius 2 is 0.909 bits per heavy atom. The van der Waals surface area contributed by atoms with Crippen molar-refractivity contribution in [3.05, 3.63) is 266 Å². The number of nitrogens with one attached hydrogen (secondary N) is 4. The average Bonchev–Trinajstić information content (AvgIpc) is 1.29. The smallest absolute Gasteiger partial charge is 0.332 e. The number of nitrogens with zero attached hydrogens (tertiary/aromatic N) is 6. The van der Waals surface area contributed by atoms with Gasteiger partial charge in [-0.3, -0.25) is 44.9 Å². The second-order valence-corrected chi connectivity index (χ2v) is 23.4. The van der Waals surface area contributed by atoms with E-state index >= 15 is 0 Å². The van der Waals surface area contributed by atoms with E-state index < -0.39 is 25.9 Å². The Morgan fingerprint density at radius 3 is 1.41 bits per heavy atom. The quantitative estimate of drug-likeness (QED) is 0.0594. The SMILES string of the molecule is COc1ccc(CNc2c(N)cnc3cc(Br)ccc23)cc1.COc1ccc(CNc2c([N+](=O)[O-])cnc3cc(Br)ccc23)cc1.O=[N+]([O-])c1cnc2cc(Br)ccc2c1Cl.O=c1c([N+](=O)[O-])c[nH]c2cc(Br)ccc12.O=c1cc[nH]c2cc(Br)ccc12. The first-order chi connectivity index (χ1) is 42.2. The van der Waals surface area contributed by atoms with E-state index in [1.165, 1.54) is 12.3 Å². The van der Waals surface area contributed by atoms with Crippen LogP contribution in [0.15, 0.2) is 209 Å². The minimum atomic E-state index is -0.694. The number of ether oxygens (including phenoxy) is 2. The average molecular weight is 1530 g/mol. The Morgan fingerprint density at radius 1 is 0.500 bits per heavy atom. The molecule has 0 amide bonds. The largest absolute Gasteiger partial charge is 0.497 e. The molecular weight excluding hydrogens is 1480 g/mol. The summed E-state index contributed by atoms with van der Waals surface area (Å²) in [5.41, 5.74) is 12.7. The number of fused-ring (bicyclic) bond motifs is 5. The van der Waals surface area contributed by atoms with Gasteiger partial charge in [-0.15, -0.1) is 0 Å². The predicted octanol–water partition coefficient (Wildman–Crippen LogP) is 16.8. The van der Waals surface area contributed by atoms with E-state index in [2.05, 4.69) is 115 Å². The topological polar surface area (TPSA) is 302 Å². The van der Waals surface area contributed by atoms with Crippen LogP contribution < -0.4 is 36.7 Å². The standard InChI is InChI=1S/C17H14BrN3O3.C17H16BrN3O.C9H4BrClN2O2.C9H5BrN2O3.C9H6BrNO/c1-24-13-5-2-11(3-6-13)9-20-17-14-7-4-12(18)8-15(14)19-10-16(17)21(22)23;1-22-13-5-2-11(3-6-13)9-21-17-14-7-4-12(18)8-16(14)20-10-15(17)19;10-5-1-2-6-7(3-5)12-4-8(9(6)11)13(14)15;10-5-1-2-6-7(3-5)11-4-8(9(6)13)12(14)15;10-6-1-2-7-8(5-6)11-4-3-9(7)12/h2-8,10H,9H2,1H3,(H,19,20);2-8,10H,9,19H2,1H3,(H,20,21);1-4H;1-4H,(H,11,13);1-5H,(H,11,12). The van der Waals surface area contributed by atoms with Crippen molar-refractivity contribution in [1.82, 2.24) is 24.9 Å². The van der Waals surface area contributed by atoms with Crippen LogP contribution in [-0.4, -0.2) is 53.9 Å². The second-order valence-electron chi connectivity index (χ2n) is 18.4. The van der Waals surface area contributed by atoms with Gasteiger partial charge in [0.1, 0.15) is 34.6 Å². The zero-order chi connectivity index (χ0) is 63.2. The maximum Gasteiger partial charge on any atom is 0.332 e. The number of methoxy groups -OCH3 is 2. The Kier molecular flexibility index (Phi) is 22.3. The van der Waals surface area contributed by atoms with Gasteiger partial charge in [0.15, 0.2) is 5.43 Å². The number of aromatic amines is 2. The molecule has 0 aliphatic carbocycles. The molecule has 0 radical (unpaired) electrons. The van der Waals surface area contributed by atoms with Crippen molar-refractivity contribution in [1.29, 1.82) is 0 Å². The summed E-state index contributed by atoms with van der Waals surface area (Å²) in [4.78, 5) is 71.9. The normalized spacial score (nSPS) is 10.5. The summed E-state index contributed by atoms with van der Waals surface area (Å²) in [6, 6.07) is 44.2. The van der Waals surface area contributed by atoms with E-state index in [4.69, 9.17) is 26.8 Å². The molecular formula is C61H45Br5ClN11O10. The highest BCUT2D eigenvalue weighted by Crippen LogP contribution is 2.35. The first kappa shape index (κ1) is 65.1. The van der Waals surface area contributed by atoms with Gasteiger partial charge in [0, 0.05) is 69.3 Å². The van der Waals surface area contributed by atoms with Crippen molar-refractivity contribution in [2.45, 2.75) is 13.1 Å². The Bertz CT molecular complexity index is 4700. The number of halogens is 6. The number of pyridine rings is 5. The van der Waals surface area contributed by atoms with E-state index in [1.54, 1.807) is 69.1 Å². The summed E-state index contributed by atoms with van der Waals surface area (Å²) in [7, 11) is 3.27. The van der Waals surface area contributed by atoms with Crippen LogP contribution in [0.25, 0.3) is 54.5 Å². The number of benzene rings is 7. The van der Waals surface area contributed by atoms with Gasteiger partial charge >= 0.3 is 17.1 Å². The van der Waals surface area contributed by atoms with Crippen LogP contribution in [0.2, 0.25) is 5.02 Å². The van der Waals surface area contributed by atoms with Crippen LogP contribution in [0.3, 0.4) is 0 Å². The van der Waals surface area contributed by atoms with Crippen LogP contribution in [0.4, 0.5) is 34.1 Å². The Balaban J connectivity index is 0.000000146. The number of anilines is 3. The molecule has 6 N–H and O–H groups in total. The third kappa shape index (κ3) is 16.6. The molecule has 0 aliphatic heterocycles. The highest BCUT2D eigenvalue weighted by Gasteiger charge is 2.19. The highest BCUT2D eigenvalue weighted by atomic mass is 79.9. The van der Waals surface area contributed by atoms with Crippen molar-refractivity contribution < 1.29 is 24.2 Å². The van der Waals surface area contributed by atoms with Gasteiger partial charge in [-0.1, -0.05) is 116 Å². The maximum atomic E-state index is 11.6. The van der Waals surface area contributed by atoms with Crippen LogP contribution in [-0.2, 0) is 13.1 Å². The molecule has 0 bridgehead atoms. The molecule has 7 aromatic carbocycles. The third-order valence-electron chi connectivity index (χ3n) is 12.8. The maximum absolute atomic E-state index is 11.6. The van der Waals surface area contributed by atoms with Gasteiger partial charge in [-0.25, -0.2) is 9.97 Å². The number of nitro groups is 3. The molecule has 446 valence electrons. The van der Waals surface area contributed by atoms with Crippen molar-refractivity contribution in [3.63, 3.8) is 0 Å². The monoisotopic (exact) mass is 1520 g/mol. The number of aromatic nitrogens is 5. The van der Waals surface area contributed by atoms with Gasteiger partial charge in [-0.2, -0.15) is 0 Å². The van der Waals surface area contributed by atoms with Crippen LogP contribution in [0.1, 0.15) is 11.1 Å². The van der Waals surface area contributed by atoms with Gasteiger partial charge in [0.25, 0.3) is 5.43 Å². The van der Waals surface area contributed by atoms with Crippen LogP contribution >= 0.6 is 91.3 Å². The minimum absolute atomic E-state index is 0.0432. The van der Waals surface area contributed by atoms with E-state index in [9.17, 15) is 39.9 Å². The number of hydrogen-bond acceptors (Lipinski definition) is 16. The van der Waals surface area contributed by atoms with Gasteiger partial charge in [0.2, 0.25) is 0 Å². The highest BCUT2D eigenvalue weighted by molar-refractivity contribution is 9.11. The fraction of sp³-hybridized carbons (Fsp3) is 0.0656. The van der Waals surface area contributed by atoms with Crippen molar-refractivity contribution in [3.8, 4) is 11.5 Å². The lowest BCUT2D eigenvalue weighted by Gasteiger charge is -2.13. The number of H-pyrrole nitrogens is 2. The lowest BCUT2D eigenvalue weighted by Crippen LogP contribution is -2.08. The number of hydrogen-bond donors (Lipinski definition) is 5. The second kappa shape index (κ2) is 30.1. The molecule has 5 heterocycles. The molecule has 5 aromatic heterocycles. The molecule has 12 aromatic rings. The summed E-state index contributed by atoms with van der Waals surface area (Å²) < 4.78 is 14.8. The molecule has 27 heteroatoms. The summed E-state index contributed by atoms with van der Waals surface area (Å²) in [5.74, 6) is 1.62. The summed E-state index contributed by atoms with van der Waals surface area (Å²) >= 11 is 22.6. The first-order valence-electron chi connectivity index (χ1n) is 25.6. The first-order valence-corrected chi connectivity index (χ1v) is 30.0. The molecule has 0 atom stereocenters. The number of rotatable bonds is 11. The summed E-state index contributed by atoms with van der Waals surface area (Å²) in [6.07, 6.45) is 6.89. The zero-order valence-electron chi connectivity index (χ0n) is 45.8. The van der Waals surface area contributed by atoms with Crippen molar-refractivity contribution >= 4 is 180 Å². The predicted molar refractivity (Wildman–Crippen MR) is 363 cm³/mol. The third-order valence-corrected chi connectivity index (χ3v) is 15.7. The molecule has 21 nitrogen and oxygen atoms in total. The van der Waals surface area contributed by atoms with E-state index in [0.29, 0.717) is 57.2 Å². The lowest BCUT2D eigenvalue weighted by molar-refractivity contribution is -0.386. The van der Waals surface area contributed by atoms with E-state index in [-0.39, 0.29) is 21.8 Å². The Labute approximate surface area is 545 Å².